The van der Waals surface area contributed by atoms with Crippen molar-refractivity contribution >= 4 is 35.2 Å². The Kier molecular flexibility index (Phi) is 7.97. The minimum Gasteiger partial charge on any atom is -0.496 e. The number of carbonyl (C=O) groups excluding carboxylic acids is 3. The number of amides is 2. The maximum atomic E-state index is 13.0. The summed E-state index contributed by atoms with van der Waals surface area (Å²) in [5.74, 6) is -3.48. The highest BCUT2D eigenvalue weighted by molar-refractivity contribution is 8.03. The molecule has 0 aliphatic carbocycles. The molecule has 1 aliphatic heterocycles. The molecule has 9 heteroatoms. The number of allylic oxidation sites excluding steroid dienone is 1. The van der Waals surface area contributed by atoms with Crippen LogP contribution in [0.15, 0.2) is 53.1 Å². The van der Waals surface area contributed by atoms with Gasteiger partial charge in [-0.25, -0.2) is 0 Å². The molecule has 2 atom stereocenters. The lowest BCUT2D eigenvalue weighted by Crippen LogP contribution is -2.44. The zero-order valence-electron chi connectivity index (χ0n) is 19.3. The Bertz CT molecular complexity index is 1180. The molecule has 2 aromatic carbocycles. The molecule has 0 bridgehead atoms. The Morgan fingerprint density at radius 3 is 2.41 bits per heavy atom. The number of rotatable bonds is 7. The number of thioether (sulfide) groups is 1. The SMILES string of the molecule is COC(=O)[C@H]1C(=O)NC(SCC(=O)Nc2c(C)cccc2C)=C(C#N)[C@@H]1c1ccccc1OC. The maximum absolute atomic E-state index is 13.0. The first-order chi connectivity index (χ1) is 16.3. The fourth-order valence-electron chi connectivity index (χ4n) is 3.90. The highest BCUT2D eigenvalue weighted by Crippen LogP contribution is 2.43. The third-order valence-electron chi connectivity index (χ3n) is 5.55. The minimum absolute atomic E-state index is 0.0455. The summed E-state index contributed by atoms with van der Waals surface area (Å²) in [7, 11) is 2.66. The quantitative estimate of drug-likeness (QED) is 0.461. The van der Waals surface area contributed by atoms with E-state index in [-0.39, 0.29) is 22.3 Å². The van der Waals surface area contributed by atoms with E-state index < -0.39 is 23.7 Å². The van der Waals surface area contributed by atoms with Crippen LogP contribution in [0.3, 0.4) is 0 Å². The minimum atomic E-state index is -1.27. The molecular formula is C25H25N3O5S. The fourth-order valence-corrected chi connectivity index (χ4v) is 4.75. The second-order valence-corrected chi connectivity index (χ2v) is 8.65. The number of esters is 1. The fraction of sp³-hybridized carbons (Fsp3) is 0.280. The van der Waals surface area contributed by atoms with Gasteiger partial charge in [0, 0.05) is 17.2 Å². The third kappa shape index (κ3) is 5.07. The van der Waals surface area contributed by atoms with Crippen molar-refractivity contribution in [1.82, 2.24) is 5.32 Å². The Hall–Kier alpha value is -3.77. The summed E-state index contributed by atoms with van der Waals surface area (Å²) < 4.78 is 10.3. The van der Waals surface area contributed by atoms with E-state index in [9.17, 15) is 19.6 Å². The number of hydrogen-bond donors (Lipinski definition) is 2. The Balaban J connectivity index is 1.95. The molecule has 0 aromatic heterocycles. The summed E-state index contributed by atoms with van der Waals surface area (Å²) >= 11 is 1.03. The van der Waals surface area contributed by atoms with E-state index in [0.29, 0.717) is 11.3 Å². The van der Waals surface area contributed by atoms with E-state index in [1.807, 2.05) is 32.0 Å². The topological polar surface area (TPSA) is 118 Å². The lowest BCUT2D eigenvalue weighted by atomic mass is 9.78. The molecule has 0 spiro atoms. The first-order valence-corrected chi connectivity index (χ1v) is 11.5. The second kappa shape index (κ2) is 10.9. The number of nitriles is 1. The summed E-state index contributed by atoms with van der Waals surface area (Å²) in [5, 5.41) is 15.8. The van der Waals surface area contributed by atoms with Crippen molar-refractivity contribution in [2.24, 2.45) is 5.92 Å². The van der Waals surface area contributed by atoms with Crippen molar-refractivity contribution in [2.45, 2.75) is 19.8 Å². The molecule has 0 unspecified atom stereocenters. The van der Waals surface area contributed by atoms with E-state index >= 15 is 0 Å². The normalized spacial score (nSPS) is 17.4. The molecule has 1 aliphatic rings. The summed E-state index contributed by atoms with van der Waals surface area (Å²) in [6, 6.07) is 14.7. The van der Waals surface area contributed by atoms with Crippen molar-refractivity contribution < 1.29 is 23.9 Å². The third-order valence-corrected chi connectivity index (χ3v) is 6.57. The number of hydrogen-bond acceptors (Lipinski definition) is 7. The molecule has 0 saturated carbocycles. The van der Waals surface area contributed by atoms with Crippen LogP contribution < -0.4 is 15.4 Å². The van der Waals surface area contributed by atoms with E-state index in [1.165, 1.54) is 14.2 Å². The summed E-state index contributed by atoms with van der Waals surface area (Å²) in [5.41, 5.74) is 3.25. The smallest absolute Gasteiger partial charge is 0.319 e. The highest BCUT2D eigenvalue weighted by Gasteiger charge is 2.45. The molecule has 176 valence electrons. The summed E-state index contributed by atoms with van der Waals surface area (Å²) in [6.45, 7) is 3.80. The largest absolute Gasteiger partial charge is 0.496 e. The van der Waals surface area contributed by atoms with Gasteiger partial charge in [0.25, 0.3) is 0 Å². The van der Waals surface area contributed by atoms with Crippen LogP contribution in [0.5, 0.6) is 5.75 Å². The Morgan fingerprint density at radius 1 is 1.12 bits per heavy atom. The van der Waals surface area contributed by atoms with Crippen LogP contribution in [-0.2, 0) is 19.1 Å². The molecule has 1 heterocycles. The highest BCUT2D eigenvalue weighted by atomic mass is 32.2. The Labute approximate surface area is 202 Å². The molecule has 8 nitrogen and oxygen atoms in total. The molecule has 0 radical (unpaired) electrons. The number of methoxy groups -OCH3 is 2. The second-order valence-electron chi connectivity index (χ2n) is 7.67. The molecule has 0 saturated heterocycles. The number of aryl methyl sites for hydroxylation is 2. The molecule has 3 rings (SSSR count). The molecule has 34 heavy (non-hydrogen) atoms. The van der Waals surface area contributed by atoms with Crippen molar-refractivity contribution in [3.05, 3.63) is 69.8 Å². The van der Waals surface area contributed by atoms with Crippen LogP contribution in [-0.4, -0.2) is 37.8 Å². The zero-order valence-corrected chi connectivity index (χ0v) is 20.1. The average Bonchev–Trinajstić information content (AvgIpc) is 2.84. The summed E-state index contributed by atoms with van der Waals surface area (Å²) in [4.78, 5) is 38.2. The maximum Gasteiger partial charge on any atom is 0.319 e. The molecule has 2 N–H and O–H groups in total. The molecular weight excluding hydrogens is 454 g/mol. The van der Waals surface area contributed by atoms with E-state index in [4.69, 9.17) is 9.47 Å². The number of anilines is 1. The monoisotopic (exact) mass is 479 g/mol. The van der Waals surface area contributed by atoms with Gasteiger partial charge in [-0.3, -0.25) is 14.4 Å². The number of para-hydroxylation sites is 2. The van der Waals surface area contributed by atoms with Crippen molar-refractivity contribution in [2.75, 3.05) is 25.3 Å². The van der Waals surface area contributed by atoms with Crippen LogP contribution in [0.4, 0.5) is 5.69 Å². The predicted octanol–water partition coefficient (Wildman–Crippen LogP) is 3.42. The van der Waals surface area contributed by atoms with Gasteiger partial charge >= 0.3 is 5.97 Å². The van der Waals surface area contributed by atoms with Gasteiger partial charge in [-0.15, -0.1) is 0 Å². The first-order valence-electron chi connectivity index (χ1n) is 10.5. The molecule has 2 amide bonds. The van der Waals surface area contributed by atoms with Crippen LogP contribution in [0, 0.1) is 31.1 Å². The van der Waals surface area contributed by atoms with Crippen LogP contribution in [0.2, 0.25) is 0 Å². The van der Waals surface area contributed by atoms with Gasteiger partial charge in [0.1, 0.15) is 11.7 Å². The zero-order chi connectivity index (χ0) is 24.8. The molecule has 2 aromatic rings. The lowest BCUT2D eigenvalue weighted by Gasteiger charge is -2.31. The van der Waals surface area contributed by atoms with Crippen LogP contribution in [0.1, 0.15) is 22.6 Å². The van der Waals surface area contributed by atoms with Crippen LogP contribution >= 0.6 is 11.8 Å². The van der Waals surface area contributed by atoms with Gasteiger partial charge < -0.3 is 20.1 Å². The first kappa shape index (κ1) is 24.9. The van der Waals surface area contributed by atoms with Crippen molar-refractivity contribution in [3.63, 3.8) is 0 Å². The van der Waals surface area contributed by atoms with Gasteiger partial charge in [-0.05, 0) is 31.0 Å². The number of carbonyl (C=O) groups is 3. The molecule has 0 fully saturated rings. The van der Waals surface area contributed by atoms with Crippen molar-refractivity contribution in [1.29, 1.82) is 5.26 Å². The predicted molar refractivity (Wildman–Crippen MR) is 129 cm³/mol. The van der Waals surface area contributed by atoms with Gasteiger partial charge in [-0.2, -0.15) is 5.26 Å². The van der Waals surface area contributed by atoms with Gasteiger partial charge in [0.15, 0.2) is 0 Å². The number of nitrogens with one attached hydrogen (secondary N) is 2. The van der Waals surface area contributed by atoms with E-state index in [0.717, 1.165) is 28.6 Å². The number of nitrogens with zero attached hydrogens (tertiary/aromatic N) is 1. The van der Waals surface area contributed by atoms with Gasteiger partial charge in [0.05, 0.1) is 36.6 Å². The number of benzene rings is 2. The van der Waals surface area contributed by atoms with E-state index in [2.05, 4.69) is 16.7 Å². The van der Waals surface area contributed by atoms with E-state index in [1.54, 1.807) is 24.3 Å². The standard InChI is InChI=1S/C25H25N3O5S/c1-14-8-7-9-15(2)22(14)27-19(29)13-34-24-17(12-26)20(16-10-5-6-11-18(16)32-3)21(23(30)28-24)25(31)33-4/h5-11,20-21H,13H2,1-4H3,(H,27,29)(H,28,30)/t20-,21+/m0/s1. The average molecular weight is 480 g/mol. The van der Waals surface area contributed by atoms with Gasteiger partial charge in [-0.1, -0.05) is 48.2 Å². The van der Waals surface area contributed by atoms with Crippen LogP contribution in [0.25, 0.3) is 0 Å². The van der Waals surface area contributed by atoms with Gasteiger partial charge in [0.2, 0.25) is 11.8 Å². The van der Waals surface area contributed by atoms with Crippen molar-refractivity contribution in [3.8, 4) is 11.8 Å². The number of ether oxygens (including phenoxy) is 2. The lowest BCUT2D eigenvalue weighted by molar-refractivity contribution is -0.150. The summed E-state index contributed by atoms with van der Waals surface area (Å²) in [6.07, 6.45) is 0. The Morgan fingerprint density at radius 2 is 1.79 bits per heavy atom.